The molecule has 1 aliphatic rings. The normalized spacial score (nSPS) is 16.8. The van der Waals surface area contributed by atoms with Crippen LogP contribution in [0.25, 0.3) is 0 Å². The Morgan fingerprint density at radius 2 is 2.00 bits per heavy atom. The maximum atomic E-state index is 13.6. The molecular weight excluding hydrogens is 283 g/mol. The largest absolute Gasteiger partial charge is 0.378 e. The van der Waals surface area contributed by atoms with Gasteiger partial charge in [0.15, 0.2) is 0 Å². The van der Waals surface area contributed by atoms with Gasteiger partial charge in [0.05, 0.1) is 19.3 Å². The van der Waals surface area contributed by atoms with Gasteiger partial charge in [-0.05, 0) is 24.0 Å². The van der Waals surface area contributed by atoms with Crippen LogP contribution in [0.2, 0.25) is 0 Å². The predicted octanol–water partition coefficient (Wildman–Crippen LogP) is 1.84. The quantitative estimate of drug-likeness (QED) is 0.872. The average molecular weight is 308 g/mol. The van der Waals surface area contributed by atoms with Crippen molar-refractivity contribution < 1.29 is 13.9 Å². The van der Waals surface area contributed by atoms with Gasteiger partial charge >= 0.3 is 0 Å². The van der Waals surface area contributed by atoms with Gasteiger partial charge in [-0.2, -0.15) is 0 Å². The molecule has 4 nitrogen and oxygen atoms in total. The maximum Gasteiger partial charge on any atom is 0.240 e. The van der Waals surface area contributed by atoms with Crippen LogP contribution in [-0.4, -0.2) is 49.7 Å². The fraction of sp³-hybridized carbons (Fsp3) is 0.588. The Bertz CT molecular complexity index is 487. The Balaban J connectivity index is 1.88. The van der Waals surface area contributed by atoms with Gasteiger partial charge in [-0.1, -0.05) is 32.0 Å². The van der Waals surface area contributed by atoms with Crippen molar-refractivity contribution in [1.82, 2.24) is 10.2 Å². The molecule has 1 aromatic carbocycles. The topological polar surface area (TPSA) is 41.6 Å². The third-order valence-corrected chi connectivity index (χ3v) is 3.97. The molecule has 0 aliphatic carbocycles. The van der Waals surface area contributed by atoms with E-state index in [1.165, 1.54) is 6.07 Å². The highest BCUT2D eigenvalue weighted by molar-refractivity contribution is 5.82. The number of hydrogen-bond acceptors (Lipinski definition) is 3. The van der Waals surface area contributed by atoms with Crippen molar-refractivity contribution >= 4 is 5.91 Å². The highest BCUT2D eigenvalue weighted by Gasteiger charge is 2.27. The zero-order valence-electron chi connectivity index (χ0n) is 13.3. The van der Waals surface area contributed by atoms with Gasteiger partial charge < -0.3 is 15.0 Å². The first-order valence-electron chi connectivity index (χ1n) is 7.93. The first kappa shape index (κ1) is 16.9. The van der Waals surface area contributed by atoms with Crippen molar-refractivity contribution in [3.63, 3.8) is 0 Å². The molecular formula is C17H25FN2O2. The number of amides is 1. The van der Waals surface area contributed by atoms with E-state index >= 15 is 0 Å². The zero-order valence-corrected chi connectivity index (χ0v) is 13.3. The van der Waals surface area contributed by atoms with Crippen LogP contribution in [0.1, 0.15) is 19.4 Å². The van der Waals surface area contributed by atoms with Gasteiger partial charge in [0.2, 0.25) is 5.91 Å². The third kappa shape index (κ3) is 4.52. The summed E-state index contributed by atoms with van der Waals surface area (Å²) >= 11 is 0. The third-order valence-electron chi connectivity index (χ3n) is 3.97. The van der Waals surface area contributed by atoms with Crippen molar-refractivity contribution in [1.29, 1.82) is 0 Å². The molecule has 1 aliphatic heterocycles. The van der Waals surface area contributed by atoms with E-state index in [2.05, 4.69) is 5.32 Å². The van der Waals surface area contributed by atoms with Crippen LogP contribution in [0.15, 0.2) is 24.3 Å². The Hall–Kier alpha value is -1.46. The summed E-state index contributed by atoms with van der Waals surface area (Å²) < 4.78 is 18.9. The number of hydrogen-bond donors (Lipinski definition) is 1. The molecule has 1 fully saturated rings. The van der Waals surface area contributed by atoms with Crippen LogP contribution in [0.5, 0.6) is 0 Å². The van der Waals surface area contributed by atoms with Crippen LogP contribution in [0.3, 0.4) is 0 Å². The second-order valence-electron chi connectivity index (χ2n) is 5.95. The van der Waals surface area contributed by atoms with E-state index in [0.29, 0.717) is 44.8 Å². The summed E-state index contributed by atoms with van der Waals surface area (Å²) in [5.41, 5.74) is 0.677. The van der Waals surface area contributed by atoms with Crippen LogP contribution >= 0.6 is 0 Å². The minimum Gasteiger partial charge on any atom is -0.378 e. The lowest BCUT2D eigenvalue weighted by Crippen LogP contribution is -2.52. The van der Waals surface area contributed by atoms with Gasteiger partial charge in [0.1, 0.15) is 5.82 Å². The SMILES string of the molecule is CC(C)[C@H](NCCc1ccccc1F)C(=O)N1CCOCC1. The molecule has 1 aromatic rings. The number of benzene rings is 1. The molecule has 0 radical (unpaired) electrons. The minimum absolute atomic E-state index is 0.117. The molecule has 122 valence electrons. The molecule has 1 heterocycles. The molecule has 5 heteroatoms. The van der Waals surface area contributed by atoms with Gasteiger partial charge in [-0.25, -0.2) is 4.39 Å². The lowest BCUT2D eigenvalue weighted by atomic mass is 10.0. The summed E-state index contributed by atoms with van der Waals surface area (Å²) in [4.78, 5) is 14.4. The number of halogens is 1. The molecule has 2 rings (SSSR count). The van der Waals surface area contributed by atoms with E-state index in [1.807, 2.05) is 24.8 Å². The van der Waals surface area contributed by atoms with E-state index in [-0.39, 0.29) is 23.7 Å². The average Bonchev–Trinajstić information content (AvgIpc) is 2.53. The van der Waals surface area contributed by atoms with Gasteiger partial charge in [-0.3, -0.25) is 4.79 Å². The second kappa shape index (κ2) is 8.25. The lowest BCUT2D eigenvalue weighted by Gasteiger charge is -2.32. The molecule has 0 saturated carbocycles. The molecule has 0 unspecified atom stereocenters. The van der Waals surface area contributed by atoms with Crippen molar-refractivity contribution in [2.24, 2.45) is 5.92 Å². The van der Waals surface area contributed by atoms with Crippen molar-refractivity contribution in [3.05, 3.63) is 35.6 Å². The molecule has 0 aromatic heterocycles. The molecule has 22 heavy (non-hydrogen) atoms. The van der Waals surface area contributed by atoms with Crippen molar-refractivity contribution in [2.75, 3.05) is 32.8 Å². The minimum atomic E-state index is -0.232. The van der Waals surface area contributed by atoms with E-state index in [4.69, 9.17) is 4.74 Å². The van der Waals surface area contributed by atoms with E-state index in [0.717, 1.165) is 0 Å². The fourth-order valence-corrected chi connectivity index (χ4v) is 2.65. The molecule has 1 N–H and O–H groups in total. The van der Waals surface area contributed by atoms with Gasteiger partial charge in [0, 0.05) is 19.6 Å². The van der Waals surface area contributed by atoms with E-state index in [1.54, 1.807) is 12.1 Å². The fourth-order valence-electron chi connectivity index (χ4n) is 2.65. The Morgan fingerprint density at radius 3 is 2.64 bits per heavy atom. The number of carbonyl (C=O) groups is 1. The lowest BCUT2D eigenvalue weighted by molar-refractivity contribution is -0.138. The molecule has 1 atom stereocenters. The van der Waals surface area contributed by atoms with Gasteiger partial charge in [0.25, 0.3) is 0 Å². The Kier molecular flexibility index (Phi) is 6.34. The number of morpholine rings is 1. The summed E-state index contributed by atoms with van der Waals surface area (Å²) in [5, 5.41) is 3.29. The first-order chi connectivity index (χ1) is 10.6. The highest BCUT2D eigenvalue weighted by atomic mass is 19.1. The number of nitrogens with one attached hydrogen (secondary N) is 1. The monoisotopic (exact) mass is 308 g/mol. The summed E-state index contributed by atoms with van der Waals surface area (Å²) in [6, 6.07) is 6.53. The Morgan fingerprint density at radius 1 is 1.32 bits per heavy atom. The van der Waals surface area contributed by atoms with Crippen LogP contribution in [-0.2, 0) is 16.0 Å². The second-order valence-corrected chi connectivity index (χ2v) is 5.95. The van der Waals surface area contributed by atoms with E-state index in [9.17, 15) is 9.18 Å². The number of nitrogens with zero attached hydrogens (tertiary/aromatic N) is 1. The zero-order chi connectivity index (χ0) is 15.9. The van der Waals surface area contributed by atoms with Gasteiger partial charge in [-0.15, -0.1) is 0 Å². The smallest absolute Gasteiger partial charge is 0.240 e. The number of ether oxygens (including phenoxy) is 1. The Labute approximate surface area is 131 Å². The summed E-state index contributed by atoms with van der Waals surface area (Å²) in [7, 11) is 0. The van der Waals surface area contributed by atoms with Crippen LogP contribution < -0.4 is 5.32 Å². The summed E-state index contributed by atoms with van der Waals surface area (Å²) in [6.07, 6.45) is 0.576. The molecule has 1 saturated heterocycles. The number of carbonyl (C=O) groups excluding carboxylic acids is 1. The van der Waals surface area contributed by atoms with Crippen molar-refractivity contribution in [3.8, 4) is 0 Å². The predicted molar refractivity (Wildman–Crippen MR) is 84.1 cm³/mol. The van der Waals surface area contributed by atoms with Crippen LogP contribution in [0.4, 0.5) is 4.39 Å². The maximum absolute atomic E-state index is 13.6. The standard InChI is InChI=1S/C17H25FN2O2/c1-13(2)16(17(21)20-9-11-22-12-10-20)19-8-7-14-5-3-4-6-15(14)18/h3-6,13,16,19H,7-12H2,1-2H3/t16-/m0/s1. The summed E-state index contributed by atoms with van der Waals surface area (Å²) in [6.45, 7) is 7.14. The highest BCUT2D eigenvalue weighted by Crippen LogP contribution is 2.10. The summed E-state index contributed by atoms with van der Waals surface area (Å²) in [5.74, 6) is 0.118. The molecule has 0 spiro atoms. The van der Waals surface area contributed by atoms with E-state index < -0.39 is 0 Å². The molecule has 1 amide bonds. The number of rotatable bonds is 6. The first-order valence-corrected chi connectivity index (χ1v) is 7.93. The van der Waals surface area contributed by atoms with Crippen molar-refractivity contribution in [2.45, 2.75) is 26.3 Å². The van der Waals surface area contributed by atoms with Crippen LogP contribution in [0, 0.1) is 11.7 Å². The molecule has 0 bridgehead atoms.